The third-order valence-corrected chi connectivity index (χ3v) is 7.16. The van der Waals surface area contributed by atoms with Crippen LogP contribution < -0.4 is 10.0 Å². The Morgan fingerprint density at radius 2 is 1.77 bits per heavy atom. The maximum Gasteiger partial charge on any atom is 0.118 e. The summed E-state index contributed by atoms with van der Waals surface area (Å²) in [5, 5.41) is 1.37. The molecule has 1 aromatic carbocycles. The summed E-state index contributed by atoms with van der Waals surface area (Å²) in [5.41, 5.74) is 0.670. The van der Waals surface area contributed by atoms with Crippen molar-refractivity contribution < 1.29 is 4.74 Å². The van der Waals surface area contributed by atoms with Crippen molar-refractivity contribution in [2.24, 2.45) is 0 Å². The largest absolute Gasteiger partial charge is 0.497 e. The molecule has 0 N–H and O–H groups in total. The van der Waals surface area contributed by atoms with Crippen molar-refractivity contribution in [1.29, 1.82) is 0 Å². The molecule has 0 fully saturated rings. The lowest BCUT2D eigenvalue weighted by atomic mass is 10.3. The Labute approximate surface area is 89.0 Å². The fourth-order valence-corrected chi connectivity index (χ4v) is 2.76. The molecule has 0 saturated carbocycles. The zero-order valence-corrected chi connectivity index (χ0v) is 10.6. The number of rotatable bonds is 3. The van der Waals surface area contributed by atoms with Gasteiger partial charge in [0.05, 0.1) is 7.11 Å². The van der Waals surface area contributed by atoms with Crippen molar-refractivity contribution in [3.05, 3.63) is 24.3 Å². The molecular formula is C10H14BrOP. The van der Waals surface area contributed by atoms with Gasteiger partial charge in [-0.1, -0.05) is 41.5 Å². The van der Waals surface area contributed by atoms with E-state index in [0.29, 0.717) is 5.66 Å². The highest BCUT2D eigenvalue weighted by atomic mass is 79.9. The monoisotopic (exact) mass is 260 g/mol. The van der Waals surface area contributed by atoms with E-state index in [4.69, 9.17) is 4.74 Å². The third-order valence-electron chi connectivity index (χ3n) is 1.77. The van der Waals surface area contributed by atoms with Crippen LogP contribution in [0.5, 0.6) is 5.75 Å². The SMILES string of the molecule is COc1ccc(P(Br)C(C)C)cc1. The molecule has 0 amide bonds. The van der Waals surface area contributed by atoms with Crippen LogP contribution in [-0.4, -0.2) is 12.8 Å². The van der Waals surface area contributed by atoms with Crippen molar-refractivity contribution in [2.45, 2.75) is 19.5 Å². The summed E-state index contributed by atoms with van der Waals surface area (Å²) >= 11 is 3.72. The van der Waals surface area contributed by atoms with E-state index in [1.165, 1.54) is 5.30 Å². The van der Waals surface area contributed by atoms with Crippen LogP contribution in [0.3, 0.4) is 0 Å². The molecule has 1 nitrogen and oxygen atoms in total. The van der Waals surface area contributed by atoms with Gasteiger partial charge in [-0.2, -0.15) is 0 Å². The molecule has 13 heavy (non-hydrogen) atoms. The molecule has 0 aromatic heterocycles. The average Bonchev–Trinajstić information content (AvgIpc) is 2.17. The lowest BCUT2D eigenvalue weighted by Crippen LogP contribution is -2.03. The van der Waals surface area contributed by atoms with Gasteiger partial charge >= 0.3 is 0 Å². The van der Waals surface area contributed by atoms with Gasteiger partial charge < -0.3 is 4.74 Å². The highest BCUT2D eigenvalue weighted by Gasteiger charge is 2.10. The quantitative estimate of drug-likeness (QED) is 0.756. The lowest BCUT2D eigenvalue weighted by molar-refractivity contribution is 0.415. The number of hydrogen-bond acceptors (Lipinski definition) is 1. The molecule has 1 atom stereocenters. The molecule has 3 heteroatoms. The molecule has 0 bridgehead atoms. The molecule has 0 radical (unpaired) electrons. The second-order valence-electron chi connectivity index (χ2n) is 3.10. The normalized spacial score (nSPS) is 13.0. The van der Waals surface area contributed by atoms with E-state index in [2.05, 4.69) is 41.5 Å². The van der Waals surface area contributed by atoms with Crippen LogP contribution in [0.2, 0.25) is 0 Å². The van der Waals surface area contributed by atoms with Gasteiger partial charge in [0, 0.05) is 0 Å². The second kappa shape index (κ2) is 4.97. The van der Waals surface area contributed by atoms with E-state index in [-0.39, 0.29) is 6.62 Å². The molecular weight excluding hydrogens is 247 g/mol. The van der Waals surface area contributed by atoms with Gasteiger partial charge in [-0.3, -0.25) is 0 Å². The molecule has 72 valence electrons. The summed E-state index contributed by atoms with van der Waals surface area (Å²) in [5.74, 6) is 0.920. The minimum atomic E-state index is -0.195. The Hall–Kier alpha value is -0.0700. The number of benzene rings is 1. The first-order valence-electron chi connectivity index (χ1n) is 4.24. The van der Waals surface area contributed by atoms with Crippen molar-refractivity contribution in [2.75, 3.05) is 7.11 Å². The van der Waals surface area contributed by atoms with E-state index >= 15 is 0 Å². The molecule has 1 unspecified atom stereocenters. The van der Waals surface area contributed by atoms with Gasteiger partial charge in [-0.05, 0) is 29.7 Å². The number of ether oxygens (including phenoxy) is 1. The molecule has 0 aliphatic heterocycles. The van der Waals surface area contributed by atoms with Gasteiger partial charge in [0.2, 0.25) is 0 Å². The van der Waals surface area contributed by atoms with E-state index in [0.717, 1.165) is 5.75 Å². The fraction of sp³-hybridized carbons (Fsp3) is 0.400. The summed E-state index contributed by atoms with van der Waals surface area (Å²) in [6.07, 6.45) is 0. The predicted molar refractivity (Wildman–Crippen MR) is 63.6 cm³/mol. The Morgan fingerprint density at radius 3 is 2.15 bits per heavy atom. The molecule has 1 rings (SSSR count). The maximum atomic E-state index is 5.10. The van der Waals surface area contributed by atoms with Crippen LogP contribution in [-0.2, 0) is 0 Å². The average molecular weight is 261 g/mol. The summed E-state index contributed by atoms with van der Waals surface area (Å²) in [6, 6.07) is 8.27. The molecule has 0 saturated heterocycles. The van der Waals surface area contributed by atoms with E-state index in [9.17, 15) is 0 Å². The van der Waals surface area contributed by atoms with E-state index in [1.54, 1.807) is 7.11 Å². The second-order valence-corrected chi connectivity index (χ2v) is 7.57. The number of methoxy groups -OCH3 is 1. The summed E-state index contributed by atoms with van der Waals surface area (Å²) in [7, 11) is 1.69. The van der Waals surface area contributed by atoms with Crippen LogP contribution in [0.15, 0.2) is 24.3 Å². The molecule has 0 spiro atoms. The predicted octanol–water partition coefficient (Wildman–Crippen LogP) is 3.52. The Kier molecular flexibility index (Phi) is 4.21. The van der Waals surface area contributed by atoms with Crippen molar-refractivity contribution in [1.82, 2.24) is 0 Å². The Morgan fingerprint density at radius 1 is 1.23 bits per heavy atom. The zero-order valence-electron chi connectivity index (χ0n) is 8.12. The smallest absolute Gasteiger partial charge is 0.118 e. The van der Waals surface area contributed by atoms with Gasteiger partial charge in [0.15, 0.2) is 0 Å². The first-order valence-corrected chi connectivity index (χ1v) is 7.67. The van der Waals surface area contributed by atoms with Gasteiger partial charge in [0.25, 0.3) is 0 Å². The van der Waals surface area contributed by atoms with Crippen LogP contribution in [0, 0.1) is 0 Å². The van der Waals surface area contributed by atoms with Crippen LogP contribution in [0.25, 0.3) is 0 Å². The van der Waals surface area contributed by atoms with Crippen LogP contribution >= 0.6 is 22.1 Å². The molecule has 0 aliphatic rings. The zero-order chi connectivity index (χ0) is 9.84. The van der Waals surface area contributed by atoms with Crippen LogP contribution in [0.1, 0.15) is 13.8 Å². The number of halogens is 1. The first kappa shape index (κ1) is 11.0. The maximum absolute atomic E-state index is 5.10. The summed E-state index contributed by atoms with van der Waals surface area (Å²) in [6.45, 7) is 4.26. The molecule has 1 aromatic rings. The summed E-state index contributed by atoms with van der Waals surface area (Å²) in [4.78, 5) is 0. The number of hydrogen-bond donors (Lipinski definition) is 0. The van der Waals surface area contributed by atoms with Crippen molar-refractivity contribution in [3.8, 4) is 5.75 Å². The third kappa shape index (κ3) is 2.96. The lowest BCUT2D eigenvalue weighted by Gasteiger charge is -2.14. The highest BCUT2D eigenvalue weighted by molar-refractivity contribution is 9.40. The minimum Gasteiger partial charge on any atom is -0.497 e. The topological polar surface area (TPSA) is 9.23 Å². The minimum absolute atomic E-state index is 0.195. The standard InChI is InChI=1S/C10H14BrOP/c1-8(2)13(11)10-6-4-9(12-3)5-7-10/h4-8H,1-3H3. The Bertz CT molecular complexity index is 258. The van der Waals surface area contributed by atoms with E-state index in [1.807, 2.05) is 12.1 Å². The highest BCUT2D eigenvalue weighted by Crippen LogP contribution is 2.47. The van der Waals surface area contributed by atoms with Gasteiger partial charge in [0.1, 0.15) is 5.75 Å². The summed E-state index contributed by atoms with van der Waals surface area (Å²) < 4.78 is 5.10. The van der Waals surface area contributed by atoms with Gasteiger partial charge in [-0.15, -0.1) is 0 Å². The van der Waals surface area contributed by atoms with Crippen LogP contribution in [0.4, 0.5) is 0 Å². The van der Waals surface area contributed by atoms with Crippen molar-refractivity contribution >= 4 is 27.4 Å². The van der Waals surface area contributed by atoms with E-state index < -0.39 is 0 Å². The Balaban J connectivity index is 2.79. The fourth-order valence-electron chi connectivity index (χ4n) is 1.02. The van der Waals surface area contributed by atoms with Crippen molar-refractivity contribution in [3.63, 3.8) is 0 Å². The van der Waals surface area contributed by atoms with Gasteiger partial charge in [-0.25, -0.2) is 0 Å². The molecule has 0 heterocycles. The first-order chi connectivity index (χ1) is 6.15. The molecule has 0 aliphatic carbocycles.